The predicted molar refractivity (Wildman–Crippen MR) is 139 cm³/mol. The summed E-state index contributed by atoms with van der Waals surface area (Å²) in [6.07, 6.45) is 1.25. The van der Waals surface area contributed by atoms with Gasteiger partial charge >= 0.3 is 0 Å². The number of ether oxygens (including phenoxy) is 1. The number of carbonyl (C=O) groups is 2. The van der Waals surface area contributed by atoms with Crippen molar-refractivity contribution in [3.05, 3.63) is 58.9 Å². The number of benzene rings is 2. The standard InChI is InChI=1S/C25H33ClFN3O5S/c1-6-23(25(32)28-14-17(2)3)29(15-18-8-7-9-20(12-18)35-4)24(31)16-30(36(5,33)34)19-10-11-22(27)21(26)13-19/h7-13,17,23H,6,14-16H2,1-5H3,(H,28,32). The van der Waals surface area contributed by atoms with Crippen LogP contribution < -0.4 is 14.4 Å². The number of rotatable bonds is 12. The molecule has 0 aromatic heterocycles. The quantitative estimate of drug-likeness (QED) is 0.440. The molecule has 0 fully saturated rings. The van der Waals surface area contributed by atoms with Crippen molar-refractivity contribution in [1.82, 2.24) is 10.2 Å². The SMILES string of the molecule is CCC(C(=O)NCC(C)C)N(Cc1cccc(OC)c1)C(=O)CN(c1ccc(F)c(Cl)c1)S(C)(=O)=O. The molecule has 1 N–H and O–H groups in total. The van der Waals surface area contributed by atoms with Crippen LogP contribution in [0.5, 0.6) is 5.75 Å². The Kier molecular flexibility index (Phi) is 10.5. The van der Waals surface area contributed by atoms with Crippen LogP contribution in [-0.2, 0) is 26.2 Å². The van der Waals surface area contributed by atoms with Crippen molar-refractivity contribution in [3.63, 3.8) is 0 Å². The molecule has 0 bridgehead atoms. The van der Waals surface area contributed by atoms with E-state index >= 15 is 0 Å². The Morgan fingerprint density at radius 2 is 1.86 bits per heavy atom. The number of nitrogens with zero attached hydrogens (tertiary/aromatic N) is 2. The smallest absolute Gasteiger partial charge is 0.244 e. The average Bonchev–Trinajstić information content (AvgIpc) is 2.82. The van der Waals surface area contributed by atoms with E-state index in [9.17, 15) is 22.4 Å². The van der Waals surface area contributed by atoms with Gasteiger partial charge in [-0.05, 0) is 48.2 Å². The number of halogens is 2. The molecule has 2 rings (SSSR count). The molecule has 36 heavy (non-hydrogen) atoms. The van der Waals surface area contributed by atoms with Gasteiger partial charge in [0.25, 0.3) is 0 Å². The Balaban J connectivity index is 2.46. The molecule has 8 nitrogen and oxygen atoms in total. The summed E-state index contributed by atoms with van der Waals surface area (Å²) in [7, 11) is -2.43. The van der Waals surface area contributed by atoms with E-state index in [2.05, 4.69) is 5.32 Å². The first-order valence-corrected chi connectivity index (χ1v) is 13.7. The number of hydrogen-bond donors (Lipinski definition) is 1. The summed E-state index contributed by atoms with van der Waals surface area (Å²) in [6, 6.07) is 9.61. The number of carbonyl (C=O) groups excluding carboxylic acids is 2. The van der Waals surface area contributed by atoms with Crippen LogP contribution in [0.3, 0.4) is 0 Å². The third kappa shape index (κ3) is 8.09. The normalized spacial score (nSPS) is 12.2. The van der Waals surface area contributed by atoms with Crippen LogP contribution in [0.2, 0.25) is 5.02 Å². The lowest BCUT2D eigenvalue weighted by molar-refractivity contribution is -0.140. The molecular weight excluding hydrogens is 509 g/mol. The Labute approximate surface area is 217 Å². The molecule has 2 aromatic rings. The molecule has 0 radical (unpaired) electrons. The second-order valence-electron chi connectivity index (χ2n) is 8.80. The van der Waals surface area contributed by atoms with E-state index in [1.807, 2.05) is 13.8 Å². The van der Waals surface area contributed by atoms with E-state index in [0.717, 1.165) is 22.7 Å². The number of amides is 2. The van der Waals surface area contributed by atoms with E-state index in [0.29, 0.717) is 24.3 Å². The van der Waals surface area contributed by atoms with Gasteiger partial charge in [0, 0.05) is 13.1 Å². The van der Waals surface area contributed by atoms with Gasteiger partial charge in [-0.2, -0.15) is 0 Å². The minimum Gasteiger partial charge on any atom is -0.497 e. The molecule has 0 saturated carbocycles. The highest BCUT2D eigenvalue weighted by atomic mass is 35.5. The number of sulfonamides is 1. The zero-order chi connectivity index (χ0) is 27.0. The Bertz CT molecular complexity index is 1180. The van der Waals surface area contributed by atoms with Gasteiger partial charge in [0.1, 0.15) is 24.2 Å². The van der Waals surface area contributed by atoms with Crippen molar-refractivity contribution < 1.29 is 27.1 Å². The fraction of sp³-hybridized carbons (Fsp3) is 0.440. The first-order chi connectivity index (χ1) is 16.9. The molecule has 0 saturated heterocycles. The number of methoxy groups -OCH3 is 1. The van der Waals surface area contributed by atoms with Gasteiger partial charge in [-0.1, -0.05) is 44.5 Å². The maximum absolute atomic E-state index is 13.7. The Morgan fingerprint density at radius 1 is 1.17 bits per heavy atom. The Hall–Kier alpha value is -2.85. The minimum absolute atomic E-state index is 0.0379. The lowest BCUT2D eigenvalue weighted by Gasteiger charge is -2.33. The van der Waals surface area contributed by atoms with Gasteiger partial charge in [0.15, 0.2) is 0 Å². The number of anilines is 1. The minimum atomic E-state index is -3.95. The zero-order valence-electron chi connectivity index (χ0n) is 21.1. The van der Waals surface area contributed by atoms with Crippen LogP contribution in [0.15, 0.2) is 42.5 Å². The van der Waals surface area contributed by atoms with E-state index in [1.54, 1.807) is 31.2 Å². The molecule has 0 spiro atoms. The van der Waals surface area contributed by atoms with E-state index in [1.165, 1.54) is 18.1 Å². The van der Waals surface area contributed by atoms with Crippen molar-refractivity contribution in [3.8, 4) is 5.75 Å². The van der Waals surface area contributed by atoms with Gasteiger partial charge in [0.05, 0.1) is 24.1 Å². The Morgan fingerprint density at radius 3 is 2.42 bits per heavy atom. The van der Waals surface area contributed by atoms with Crippen LogP contribution in [0.4, 0.5) is 10.1 Å². The molecular formula is C25H33ClFN3O5S. The molecule has 11 heteroatoms. The van der Waals surface area contributed by atoms with Gasteiger partial charge in [0.2, 0.25) is 21.8 Å². The van der Waals surface area contributed by atoms with Crippen molar-refractivity contribution in [2.45, 2.75) is 39.8 Å². The first kappa shape index (κ1) is 29.4. The fourth-order valence-corrected chi connectivity index (χ4v) is 4.58. The van der Waals surface area contributed by atoms with Crippen LogP contribution in [0.1, 0.15) is 32.8 Å². The highest BCUT2D eigenvalue weighted by Gasteiger charge is 2.32. The van der Waals surface area contributed by atoms with Crippen LogP contribution in [0, 0.1) is 11.7 Å². The second kappa shape index (κ2) is 12.9. The molecule has 0 aliphatic rings. The number of nitrogens with one attached hydrogen (secondary N) is 1. The fourth-order valence-electron chi connectivity index (χ4n) is 3.56. The summed E-state index contributed by atoms with van der Waals surface area (Å²) < 4.78 is 45.0. The molecule has 1 atom stereocenters. The highest BCUT2D eigenvalue weighted by Crippen LogP contribution is 2.25. The van der Waals surface area contributed by atoms with E-state index in [4.69, 9.17) is 16.3 Å². The largest absolute Gasteiger partial charge is 0.497 e. The molecule has 198 valence electrons. The van der Waals surface area contributed by atoms with Crippen molar-refractivity contribution in [2.24, 2.45) is 5.92 Å². The molecule has 1 unspecified atom stereocenters. The van der Waals surface area contributed by atoms with Crippen LogP contribution in [-0.4, -0.2) is 57.6 Å². The summed E-state index contributed by atoms with van der Waals surface area (Å²) >= 11 is 5.86. The predicted octanol–water partition coefficient (Wildman–Crippen LogP) is 3.83. The summed E-state index contributed by atoms with van der Waals surface area (Å²) in [6.45, 7) is 5.57. The lowest BCUT2D eigenvalue weighted by atomic mass is 10.1. The van der Waals surface area contributed by atoms with E-state index in [-0.39, 0.29) is 29.1 Å². The van der Waals surface area contributed by atoms with Gasteiger partial charge in [-0.25, -0.2) is 12.8 Å². The van der Waals surface area contributed by atoms with Gasteiger partial charge < -0.3 is 15.0 Å². The van der Waals surface area contributed by atoms with E-state index < -0.39 is 34.3 Å². The lowest BCUT2D eigenvalue weighted by Crippen LogP contribution is -2.52. The van der Waals surface area contributed by atoms with Crippen molar-refractivity contribution in [2.75, 3.05) is 30.8 Å². The summed E-state index contributed by atoms with van der Waals surface area (Å²) in [4.78, 5) is 28.0. The molecule has 2 amide bonds. The zero-order valence-corrected chi connectivity index (χ0v) is 22.7. The molecule has 0 heterocycles. The van der Waals surface area contributed by atoms with Gasteiger partial charge in [-0.3, -0.25) is 13.9 Å². The first-order valence-electron chi connectivity index (χ1n) is 11.5. The third-order valence-electron chi connectivity index (χ3n) is 5.43. The highest BCUT2D eigenvalue weighted by molar-refractivity contribution is 7.92. The summed E-state index contributed by atoms with van der Waals surface area (Å²) in [5.41, 5.74) is 0.740. The summed E-state index contributed by atoms with van der Waals surface area (Å²) in [5, 5.41) is 2.58. The van der Waals surface area contributed by atoms with Gasteiger partial charge in [-0.15, -0.1) is 0 Å². The topological polar surface area (TPSA) is 96.0 Å². The average molecular weight is 542 g/mol. The number of hydrogen-bond acceptors (Lipinski definition) is 5. The monoisotopic (exact) mass is 541 g/mol. The molecule has 0 aliphatic heterocycles. The van der Waals surface area contributed by atoms with Crippen molar-refractivity contribution >= 4 is 39.1 Å². The molecule has 2 aromatic carbocycles. The maximum Gasteiger partial charge on any atom is 0.244 e. The second-order valence-corrected chi connectivity index (χ2v) is 11.1. The van der Waals surface area contributed by atoms with Crippen LogP contribution in [0.25, 0.3) is 0 Å². The third-order valence-corrected chi connectivity index (χ3v) is 6.86. The van der Waals surface area contributed by atoms with Crippen molar-refractivity contribution in [1.29, 1.82) is 0 Å². The maximum atomic E-state index is 13.7. The van der Waals surface area contributed by atoms with Crippen LogP contribution >= 0.6 is 11.6 Å². The molecule has 0 aliphatic carbocycles. The summed E-state index contributed by atoms with van der Waals surface area (Å²) in [5.74, 6) is -0.866.